The Bertz CT molecular complexity index is 529. The van der Waals surface area contributed by atoms with E-state index >= 15 is 0 Å². The molecule has 1 rings (SSSR count). The van der Waals surface area contributed by atoms with Gasteiger partial charge in [-0.05, 0) is 25.3 Å². The Balaban J connectivity index is 2.39. The lowest BCUT2D eigenvalue weighted by Crippen LogP contribution is -2.26. The van der Waals surface area contributed by atoms with Gasteiger partial charge in [0.05, 0.1) is 0 Å². The van der Waals surface area contributed by atoms with Gasteiger partial charge >= 0.3 is 0 Å². The van der Waals surface area contributed by atoms with Crippen LogP contribution in [0, 0.1) is 18.3 Å². The van der Waals surface area contributed by atoms with Gasteiger partial charge in [0.1, 0.15) is 11.6 Å². The standard InChI is InChI=1S/C17H23N3O/c1-3-4-9-20-17(21)16(12-18)13-19-10-8-15-7-5-6-14(2)11-15/h5-7,11,13,19H,3-4,8-10H2,1-2H3,(H,20,21)/b16-13-. The first kappa shape index (κ1) is 16.8. The molecule has 0 bridgehead atoms. The number of nitrogens with zero attached hydrogens (tertiary/aromatic N) is 1. The summed E-state index contributed by atoms with van der Waals surface area (Å²) in [5.74, 6) is -0.311. The average Bonchev–Trinajstić information content (AvgIpc) is 2.47. The monoisotopic (exact) mass is 285 g/mol. The number of hydrogen-bond donors (Lipinski definition) is 2. The van der Waals surface area contributed by atoms with E-state index in [1.165, 1.54) is 17.3 Å². The third-order valence-corrected chi connectivity index (χ3v) is 3.07. The summed E-state index contributed by atoms with van der Waals surface area (Å²) in [6, 6.07) is 10.2. The molecule has 0 saturated carbocycles. The van der Waals surface area contributed by atoms with Gasteiger partial charge in [0.15, 0.2) is 0 Å². The highest BCUT2D eigenvalue weighted by molar-refractivity contribution is 5.97. The second-order valence-electron chi connectivity index (χ2n) is 4.97. The molecule has 1 aromatic carbocycles. The van der Waals surface area contributed by atoms with Gasteiger partial charge in [0.25, 0.3) is 5.91 Å². The summed E-state index contributed by atoms with van der Waals surface area (Å²) in [5, 5.41) is 14.7. The summed E-state index contributed by atoms with van der Waals surface area (Å²) in [6.45, 7) is 5.42. The maximum absolute atomic E-state index is 11.7. The summed E-state index contributed by atoms with van der Waals surface area (Å²) in [5.41, 5.74) is 2.59. The van der Waals surface area contributed by atoms with Gasteiger partial charge in [0, 0.05) is 19.3 Å². The largest absolute Gasteiger partial charge is 0.389 e. The number of carbonyl (C=O) groups is 1. The van der Waals surface area contributed by atoms with Gasteiger partial charge in [-0.3, -0.25) is 4.79 Å². The van der Waals surface area contributed by atoms with Crippen LogP contribution in [-0.4, -0.2) is 19.0 Å². The van der Waals surface area contributed by atoms with Crippen LogP contribution in [0.2, 0.25) is 0 Å². The number of benzene rings is 1. The van der Waals surface area contributed by atoms with Crippen molar-refractivity contribution in [2.24, 2.45) is 0 Å². The predicted octanol–water partition coefficient (Wildman–Crippen LogP) is 2.45. The molecule has 112 valence electrons. The normalized spacial score (nSPS) is 10.8. The molecule has 0 aliphatic heterocycles. The summed E-state index contributed by atoms with van der Waals surface area (Å²) in [4.78, 5) is 11.7. The van der Waals surface area contributed by atoms with Gasteiger partial charge in [-0.25, -0.2) is 0 Å². The fourth-order valence-corrected chi connectivity index (χ4v) is 1.88. The van der Waals surface area contributed by atoms with Crippen LogP contribution in [0.1, 0.15) is 30.9 Å². The highest BCUT2D eigenvalue weighted by Gasteiger charge is 2.06. The zero-order chi connectivity index (χ0) is 15.5. The van der Waals surface area contributed by atoms with Crippen LogP contribution >= 0.6 is 0 Å². The smallest absolute Gasteiger partial charge is 0.263 e. The van der Waals surface area contributed by atoms with Gasteiger partial charge in [-0.15, -0.1) is 0 Å². The number of carbonyl (C=O) groups excluding carboxylic acids is 1. The molecule has 0 saturated heterocycles. The molecule has 0 aliphatic rings. The Hall–Kier alpha value is -2.28. The Morgan fingerprint density at radius 1 is 1.38 bits per heavy atom. The topological polar surface area (TPSA) is 64.9 Å². The van der Waals surface area contributed by atoms with Crippen LogP contribution in [0.3, 0.4) is 0 Å². The van der Waals surface area contributed by atoms with E-state index in [0.717, 1.165) is 19.3 Å². The summed E-state index contributed by atoms with van der Waals surface area (Å²) < 4.78 is 0. The van der Waals surface area contributed by atoms with Crippen LogP contribution < -0.4 is 10.6 Å². The first-order valence-corrected chi connectivity index (χ1v) is 7.34. The molecule has 21 heavy (non-hydrogen) atoms. The van der Waals surface area contributed by atoms with E-state index in [0.29, 0.717) is 13.1 Å². The molecular formula is C17H23N3O. The predicted molar refractivity (Wildman–Crippen MR) is 84.5 cm³/mol. The van der Waals surface area contributed by atoms with Crippen LogP contribution in [0.4, 0.5) is 0 Å². The molecule has 0 radical (unpaired) electrons. The van der Waals surface area contributed by atoms with Crippen molar-refractivity contribution < 1.29 is 4.79 Å². The second-order valence-corrected chi connectivity index (χ2v) is 4.97. The van der Waals surface area contributed by atoms with Crippen molar-refractivity contribution in [3.63, 3.8) is 0 Å². The van der Waals surface area contributed by atoms with Crippen molar-refractivity contribution in [2.75, 3.05) is 13.1 Å². The van der Waals surface area contributed by atoms with Crippen molar-refractivity contribution in [1.29, 1.82) is 5.26 Å². The highest BCUT2D eigenvalue weighted by Crippen LogP contribution is 2.04. The first-order valence-electron chi connectivity index (χ1n) is 7.34. The molecule has 0 aliphatic carbocycles. The molecule has 0 fully saturated rings. The number of nitriles is 1. The number of amides is 1. The molecule has 1 amide bonds. The van der Waals surface area contributed by atoms with Gasteiger partial charge in [0.2, 0.25) is 0 Å². The molecule has 1 aromatic rings. The average molecular weight is 285 g/mol. The Morgan fingerprint density at radius 2 is 2.19 bits per heavy atom. The number of nitrogens with one attached hydrogen (secondary N) is 2. The summed E-state index contributed by atoms with van der Waals surface area (Å²) in [7, 11) is 0. The number of unbranched alkanes of at least 4 members (excludes halogenated alkanes) is 1. The van der Waals surface area contributed by atoms with E-state index in [9.17, 15) is 4.79 Å². The van der Waals surface area contributed by atoms with E-state index in [-0.39, 0.29) is 11.5 Å². The second kappa shape index (κ2) is 9.60. The number of hydrogen-bond acceptors (Lipinski definition) is 3. The van der Waals surface area contributed by atoms with E-state index in [1.54, 1.807) is 0 Å². The molecule has 0 unspecified atom stereocenters. The van der Waals surface area contributed by atoms with Crippen LogP contribution in [0.5, 0.6) is 0 Å². The van der Waals surface area contributed by atoms with E-state index < -0.39 is 0 Å². The van der Waals surface area contributed by atoms with Crippen molar-refractivity contribution >= 4 is 5.91 Å². The first-order chi connectivity index (χ1) is 10.2. The van der Waals surface area contributed by atoms with Crippen LogP contribution in [0.25, 0.3) is 0 Å². The fraction of sp³-hybridized carbons (Fsp3) is 0.412. The maximum Gasteiger partial charge on any atom is 0.263 e. The minimum absolute atomic E-state index is 0.121. The lowest BCUT2D eigenvalue weighted by Gasteiger charge is -2.05. The van der Waals surface area contributed by atoms with Crippen molar-refractivity contribution in [1.82, 2.24) is 10.6 Å². The van der Waals surface area contributed by atoms with Crippen molar-refractivity contribution in [2.45, 2.75) is 33.1 Å². The minimum Gasteiger partial charge on any atom is -0.389 e. The maximum atomic E-state index is 11.7. The molecule has 0 heterocycles. The third kappa shape index (κ3) is 6.62. The zero-order valence-corrected chi connectivity index (χ0v) is 12.8. The third-order valence-electron chi connectivity index (χ3n) is 3.07. The lowest BCUT2D eigenvalue weighted by molar-refractivity contribution is -0.117. The highest BCUT2D eigenvalue weighted by atomic mass is 16.1. The van der Waals surface area contributed by atoms with Gasteiger partial charge < -0.3 is 10.6 Å². The molecule has 0 spiro atoms. The Morgan fingerprint density at radius 3 is 2.86 bits per heavy atom. The van der Waals surface area contributed by atoms with Crippen LogP contribution in [-0.2, 0) is 11.2 Å². The Kier molecular flexibility index (Phi) is 7.67. The van der Waals surface area contributed by atoms with Crippen LogP contribution in [0.15, 0.2) is 36.0 Å². The lowest BCUT2D eigenvalue weighted by atomic mass is 10.1. The molecule has 4 nitrogen and oxygen atoms in total. The fourth-order valence-electron chi connectivity index (χ4n) is 1.88. The Labute approximate surface area is 126 Å². The molecule has 0 atom stereocenters. The minimum atomic E-state index is -0.311. The van der Waals surface area contributed by atoms with Gasteiger partial charge in [-0.2, -0.15) is 5.26 Å². The number of aryl methyl sites for hydroxylation is 1. The molecule has 0 aromatic heterocycles. The quantitative estimate of drug-likeness (QED) is 0.438. The van der Waals surface area contributed by atoms with E-state index in [1.807, 2.05) is 12.1 Å². The van der Waals surface area contributed by atoms with Gasteiger partial charge in [-0.1, -0.05) is 43.2 Å². The summed E-state index contributed by atoms with van der Waals surface area (Å²) >= 11 is 0. The summed E-state index contributed by atoms with van der Waals surface area (Å²) in [6.07, 6.45) is 4.29. The molecular weight excluding hydrogens is 262 g/mol. The van der Waals surface area contributed by atoms with Crippen molar-refractivity contribution in [3.8, 4) is 6.07 Å². The van der Waals surface area contributed by atoms with E-state index in [2.05, 4.69) is 42.7 Å². The molecule has 4 heteroatoms. The zero-order valence-electron chi connectivity index (χ0n) is 12.8. The molecule has 2 N–H and O–H groups in total. The van der Waals surface area contributed by atoms with E-state index in [4.69, 9.17) is 5.26 Å². The number of rotatable bonds is 8. The SMILES string of the molecule is CCCCNC(=O)/C(C#N)=C\NCCc1cccc(C)c1. The van der Waals surface area contributed by atoms with Crippen molar-refractivity contribution in [3.05, 3.63) is 47.2 Å².